The van der Waals surface area contributed by atoms with Crippen LogP contribution in [0.4, 0.5) is 10.3 Å². The van der Waals surface area contributed by atoms with Gasteiger partial charge in [-0.2, -0.15) is 5.26 Å². The molecule has 0 saturated heterocycles. The molecule has 0 aliphatic carbocycles. The van der Waals surface area contributed by atoms with Crippen LogP contribution in [0.3, 0.4) is 0 Å². The second-order valence-electron chi connectivity index (χ2n) is 4.51. The first-order valence-electron chi connectivity index (χ1n) is 6.04. The van der Waals surface area contributed by atoms with Crippen molar-refractivity contribution in [2.75, 3.05) is 5.73 Å². The molecule has 0 atom stereocenters. The van der Waals surface area contributed by atoms with Crippen molar-refractivity contribution in [1.29, 1.82) is 5.26 Å². The minimum Gasteiger partial charge on any atom is -0.368 e. The molecular weight excluding hydrogens is 277 g/mol. The highest BCUT2D eigenvalue weighted by Crippen LogP contribution is 2.27. The standard InChI is InChI=1S/C13H14FN5S/c1-8(2)19-12(16)17-18-13(19)20-7-9-3-4-11(14)5-10(9)6-15/h3-5,8H,7H2,1-2H3,(H2,16,17). The first-order chi connectivity index (χ1) is 9.52. The van der Waals surface area contributed by atoms with E-state index in [1.165, 1.54) is 23.9 Å². The second kappa shape index (κ2) is 5.92. The Morgan fingerprint density at radius 3 is 2.85 bits per heavy atom. The first-order valence-corrected chi connectivity index (χ1v) is 7.03. The summed E-state index contributed by atoms with van der Waals surface area (Å²) in [6.45, 7) is 3.98. The summed E-state index contributed by atoms with van der Waals surface area (Å²) in [5, 5.41) is 17.6. The number of rotatable bonds is 4. The molecule has 0 aliphatic rings. The number of hydrogen-bond donors (Lipinski definition) is 1. The number of anilines is 1. The van der Waals surface area contributed by atoms with E-state index < -0.39 is 5.82 Å². The lowest BCUT2D eigenvalue weighted by Crippen LogP contribution is -2.07. The lowest BCUT2D eigenvalue weighted by atomic mass is 10.1. The molecular formula is C13H14FN5S. The second-order valence-corrected chi connectivity index (χ2v) is 5.45. The van der Waals surface area contributed by atoms with Crippen LogP contribution < -0.4 is 5.73 Å². The Balaban J connectivity index is 2.20. The van der Waals surface area contributed by atoms with Crippen LogP contribution in [0.2, 0.25) is 0 Å². The Morgan fingerprint density at radius 2 is 2.20 bits per heavy atom. The van der Waals surface area contributed by atoms with Crippen molar-refractivity contribution in [3.63, 3.8) is 0 Å². The van der Waals surface area contributed by atoms with Crippen molar-refractivity contribution in [2.24, 2.45) is 0 Å². The Bertz CT molecular complexity index is 659. The smallest absolute Gasteiger partial charge is 0.222 e. The third kappa shape index (κ3) is 2.91. The fraction of sp³-hybridized carbons (Fsp3) is 0.308. The predicted molar refractivity (Wildman–Crippen MR) is 75.5 cm³/mol. The average molecular weight is 291 g/mol. The third-order valence-electron chi connectivity index (χ3n) is 2.76. The number of nitrogen functional groups attached to an aromatic ring is 1. The predicted octanol–water partition coefficient (Wildman–Crippen LogP) is 2.74. The fourth-order valence-electron chi connectivity index (χ4n) is 1.79. The van der Waals surface area contributed by atoms with Gasteiger partial charge in [0.15, 0.2) is 5.16 Å². The highest BCUT2D eigenvalue weighted by molar-refractivity contribution is 7.98. The van der Waals surface area contributed by atoms with Gasteiger partial charge in [0.25, 0.3) is 0 Å². The van der Waals surface area contributed by atoms with E-state index in [9.17, 15) is 4.39 Å². The highest BCUT2D eigenvalue weighted by atomic mass is 32.2. The Hall–Kier alpha value is -2.07. The third-order valence-corrected chi connectivity index (χ3v) is 3.75. The van der Waals surface area contributed by atoms with Crippen LogP contribution in [0, 0.1) is 17.1 Å². The maximum atomic E-state index is 13.1. The number of nitrogens with two attached hydrogens (primary N) is 1. The van der Waals surface area contributed by atoms with Gasteiger partial charge in [0.2, 0.25) is 5.95 Å². The molecule has 20 heavy (non-hydrogen) atoms. The van der Waals surface area contributed by atoms with Crippen LogP contribution in [-0.4, -0.2) is 14.8 Å². The highest BCUT2D eigenvalue weighted by Gasteiger charge is 2.14. The van der Waals surface area contributed by atoms with Gasteiger partial charge in [0.05, 0.1) is 11.6 Å². The summed E-state index contributed by atoms with van der Waals surface area (Å²) in [5.74, 6) is 0.459. The van der Waals surface area contributed by atoms with Crippen LogP contribution in [0.1, 0.15) is 31.0 Å². The number of nitrogens with zero attached hydrogens (tertiary/aromatic N) is 4. The molecule has 0 spiro atoms. The van der Waals surface area contributed by atoms with E-state index in [1.54, 1.807) is 6.07 Å². The van der Waals surface area contributed by atoms with Gasteiger partial charge in [-0.25, -0.2) is 4.39 Å². The van der Waals surface area contributed by atoms with Crippen molar-refractivity contribution >= 4 is 17.7 Å². The van der Waals surface area contributed by atoms with Crippen LogP contribution in [0.5, 0.6) is 0 Å². The summed E-state index contributed by atoms with van der Waals surface area (Å²) >= 11 is 1.42. The van der Waals surface area contributed by atoms with Crippen molar-refractivity contribution in [3.05, 3.63) is 35.1 Å². The van der Waals surface area contributed by atoms with Crippen LogP contribution in [0.25, 0.3) is 0 Å². The topological polar surface area (TPSA) is 80.5 Å². The van der Waals surface area contributed by atoms with E-state index in [2.05, 4.69) is 10.2 Å². The summed E-state index contributed by atoms with van der Waals surface area (Å²) in [5.41, 5.74) is 6.86. The van der Waals surface area contributed by atoms with Gasteiger partial charge in [-0.1, -0.05) is 17.8 Å². The zero-order chi connectivity index (χ0) is 14.7. The van der Waals surface area contributed by atoms with Gasteiger partial charge in [-0.05, 0) is 31.5 Å². The molecule has 0 aliphatic heterocycles. The lowest BCUT2D eigenvalue weighted by molar-refractivity contribution is 0.557. The largest absolute Gasteiger partial charge is 0.368 e. The van der Waals surface area contributed by atoms with Crippen molar-refractivity contribution in [3.8, 4) is 6.07 Å². The Morgan fingerprint density at radius 1 is 1.45 bits per heavy atom. The van der Waals surface area contributed by atoms with Gasteiger partial charge in [-0.15, -0.1) is 10.2 Å². The van der Waals surface area contributed by atoms with Crippen molar-refractivity contribution in [2.45, 2.75) is 30.8 Å². The normalized spacial score (nSPS) is 10.8. The van der Waals surface area contributed by atoms with E-state index in [1.807, 2.05) is 24.5 Å². The Kier molecular flexibility index (Phi) is 4.25. The molecule has 0 radical (unpaired) electrons. The van der Waals surface area contributed by atoms with Gasteiger partial charge >= 0.3 is 0 Å². The molecule has 2 aromatic rings. The van der Waals surface area contributed by atoms with E-state index in [0.717, 1.165) is 5.56 Å². The monoisotopic (exact) mass is 291 g/mol. The lowest BCUT2D eigenvalue weighted by Gasteiger charge is -2.11. The zero-order valence-electron chi connectivity index (χ0n) is 11.2. The van der Waals surface area contributed by atoms with Crippen molar-refractivity contribution in [1.82, 2.24) is 14.8 Å². The molecule has 0 unspecified atom stereocenters. The zero-order valence-corrected chi connectivity index (χ0v) is 12.0. The van der Waals surface area contributed by atoms with Gasteiger partial charge < -0.3 is 5.73 Å². The fourth-order valence-corrected chi connectivity index (χ4v) is 2.87. The Labute approximate surface area is 120 Å². The number of nitriles is 1. The average Bonchev–Trinajstić information content (AvgIpc) is 2.78. The van der Waals surface area contributed by atoms with Crippen LogP contribution in [0.15, 0.2) is 23.4 Å². The first kappa shape index (κ1) is 14.3. The van der Waals surface area contributed by atoms with Gasteiger partial charge in [0.1, 0.15) is 5.82 Å². The molecule has 104 valence electrons. The number of aromatic nitrogens is 3. The maximum absolute atomic E-state index is 13.1. The molecule has 2 rings (SSSR count). The summed E-state index contributed by atoms with van der Waals surface area (Å²) in [6.07, 6.45) is 0. The van der Waals surface area contributed by atoms with E-state index in [0.29, 0.717) is 22.4 Å². The van der Waals surface area contributed by atoms with Gasteiger partial charge in [0, 0.05) is 11.8 Å². The maximum Gasteiger partial charge on any atom is 0.222 e. The molecule has 1 aromatic heterocycles. The molecule has 2 N–H and O–H groups in total. The number of hydrogen-bond acceptors (Lipinski definition) is 5. The van der Waals surface area contributed by atoms with Gasteiger partial charge in [-0.3, -0.25) is 4.57 Å². The van der Waals surface area contributed by atoms with E-state index in [-0.39, 0.29) is 6.04 Å². The molecule has 5 nitrogen and oxygen atoms in total. The molecule has 0 saturated carbocycles. The van der Waals surface area contributed by atoms with Crippen LogP contribution >= 0.6 is 11.8 Å². The molecule has 1 aromatic carbocycles. The van der Waals surface area contributed by atoms with E-state index in [4.69, 9.17) is 11.0 Å². The molecule has 0 bridgehead atoms. The van der Waals surface area contributed by atoms with Crippen LogP contribution in [-0.2, 0) is 5.75 Å². The quantitative estimate of drug-likeness (QED) is 0.876. The summed E-state index contributed by atoms with van der Waals surface area (Å²) in [7, 11) is 0. The summed E-state index contributed by atoms with van der Waals surface area (Å²) in [4.78, 5) is 0. The number of halogens is 1. The van der Waals surface area contributed by atoms with E-state index >= 15 is 0 Å². The SMILES string of the molecule is CC(C)n1c(N)nnc1SCc1ccc(F)cc1C#N. The minimum absolute atomic E-state index is 0.149. The summed E-state index contributed by atoms with van der Waals surface area (Å²) in [6, 6.07) is 6.33. The molecule has 0 amide bonds. The number of thioether (sulfide) groups is 1. The molecule has 7 heteroatoms. The van der Waals surface area contributed by atoms with Crippen molar-refractivity contribution < 1.29 is 4.39 Å². The molecule has 0 fully saturated rings. The minimum atomic E-state index is -0.412. The summed E-state index contributed by atoms with van der Waals surface area (Å²) < 4.78 is 14.9. The number of benzene rings is 1. The molecule has 1 heterocycles.